The number of fused-ring (bicyclic) bond motifs is 1. The zero-order valence-electron chi connectivity index (χ0n) is 25.0. The lowest BCUT2D eigenvalue weighted by Gasteiger charge is -2.33. The number of hydrogen-bond acceptors (Lipinski definition) is 6. The van der Waals surface area contributed by atoms with Crippen LogP contribution in [0.15, 0.2) is 48.5 Å². The van der Waals surface area contributed by atoms with Gasteiger partial charge in [-0.15, -0.1) is 0 Å². The van der Waals surface area contributed by atoms with Gasteiger partial charge >= 0.3 is 5.97 Å². The molecule has 3 aliphatic rings. The number of piperidine rings is 1. The molecule has 222 valence electrons. The van der Waals surface area contributed by atoms with E-state index in [1.807, 2.05) is 18.2 Å². The molecule has 7 heteroatoms. The van der Waals surface area contributed by atoms with Crippen LogP contribution in [0, 0.1) is 19.8 Å². The molecule has 2 fully saturated rings. The summed E-state index contributed by atoms with van der Waals surface area (Å²) in [5.41, 5.74) is 8.59. The minimum absolute atomic E-state index is 0.261. The van der Waals surface area contributed by atoms with Crippen LogP contribution in [0.1, 0.15) is 53.5 Å². The molecule has 0 radical (unpaired) electrons. The van der Waals surface area contributed by atoms with E-state index in [-0.39, 0.29) is 5.92 Å². The molecular weight excluding hydrogens is 526 g/mol. The fourth-order valence-electron chi connectivity index (χ4n) is 6.88. The Morgan fingerprint density at radius 1 is 0.976 bits per heavy atom. The third-order valence-electron chi connectivity index (χ3n) is 9.53. The summed E-state index contributed by atoms with van der Waals surface area (Å²) in [6.07, 6.45) is 5.78. The molecule has 42 heavy (non-hydrogen) atoms. The highest BCUT2D eigenvalue weighted by Crippen LogP contribution is 2.33. The normalized spacial score (nSPS) is 18.9. The topological polar surface area (TPSA) is 75.1 Å². The largest absolute Gasteiger partial charge is 0.488 e. The van der Waals surface area contributed by atoms with E-state index in [0.29, 0.717) is 38.6 Å². The van der Waals surface area contributed by atoms with Gasteiger partial charge in [0.05, 0.1) is 11.6 Å². The van der Waals surface area contributed by atoms with Gasteiger partial charge in [0.25, 0.3) is 0 Å². The van der Waals surface area contributed by atoms with Crippen molar-refractivity contribution in [2.45, 2.75) is 65.0 Å². The number of carboxylic acid groups (broad SMARTS) is 1. The van der Waals surface area contributed by atoms with E-state index in [9.17, 15) is 9.90 Å². The Bertz CT molecular complexity index is 1410. The van der Waals surface area contributed by atoms with Gasteiger partial charge in [-0.2, -0.15) is 0 Å². The van der Waals surface area contributed by atoms with Crippen molar-refractivity contribution in [3.05, 3.63) is 76.3 Å². The lowest BCUT2D eigenvalue weighted by molar-refractivity contribution is -0.142. The zero-order valence-corrected chi connectivity index (χ0v) is 25.0. The number of pyridine rings is 1. The Morgan fingerprint density at radius 2 is 1.76 bits per heavy atom. The van der Waals surface area contributed by atoms with E-state index in [2.05, 4.69) is 54.0 Å². The lowest BCUT2D eigenvalue weighted by Crippen LogP contribution is -2.40. The molecule has 1 N–H and O–H groups in total. The fourth-order valence-corrected chi connectivity index (χ4v) is 6.88. The maximum atomic E-state index is 11.4. The van der Waals surface area contributed by atoms with Crippen LogP contribution >= 0.6 is 0 Å². The van der Waals surface area contributed by atoms with Gasteiger partial charge in [-0.3, -0.25) is 9.69 Å². The summed E-state index contributed by atoms with van der Waals surface area (Å²) in [4.78, 5) is 21.3. The smallest absolute Gasteiger partial charge is 0.306 e. The van der Waals surface area contributed by atoms with Crippen LogP contribution in [-0.2, 0) is 29.0 Å². The van der Waals surface area contributed by atoms with Crippen LogP contribution in [0.5, 0.6) is 5.75 Å². The van der Waals surface area contributed by atoms with Crippen molar-refractivity contribution in [2.75, 3.05) is 44.3 Å². The summed E-state index contributed by atoms with van der Waals surface area (Å²) < 4.78 is 12.1. The van der Waals surface area contributed by atoms with Crippen molar-refractivity contribution in [3.8, 4) is 17.0 Å². The zero-order chi connectivity index (χ0) is 29.1. The first-order chi connectivity index (χ1) is 20.5. The van der Waals surface area contributed by atoms with Gasteiger partial charge in [-0.25, -0.2) is 4.98 Å². The summed E-state index contributed by atoms with van der Waals surface area (Å²) in [5.74, 6) is 0.762. The predicted molar refractivity (Wildman–Crippen MR) is 165 cm³/mol. The Labute approximate surface area is 249 Å². The quantitative estimate of drug-likeness (QED) is 0.384. The Hall–Kier alpha value is -3.42. The average molecular weight is 570 g/mol. The van der Waals surface area contributed by atoms with Crippen molar-refractivity contribution < 1.29 is 19.4 Å². The van der Waals surface area contributed by atoms with Gasteiger partial charge in [0.15, 0.2) is 0 Å². The molecule has 2 saturated heterocycles. The number of aromatic nitrogens is 1. The molecule has 1 aromatic heterocycles. The standard InChI is InChI=1S/C35H43N3O4/c1-24-6-9-33(31(22-24)32-4-3-5-34(36-32)38-17-11-27(12-18-38)35(39)40)42-23-28-8-7-26-10-16-37(19-13-30(26)25(28)2)29-14-20-41-21-15-29/h3-9,22,27,29H,10-21,23H2,1-2H3,(H,39,40). The number of benzene rings is 2. The molecular formula is C35H43N3O4. The molecule has 0 bridgehead atoms. The minimum Gasteiger partial charge on any atom is -0.488 e. The SMILES string of the molecule is Cc1ccc(OCc2ccc3c(c2C)CCN(C2CCOCC2)CC3)c(-c2cccc(N3CCC(C(=O)O)CC3)n2)c1. The number of carbonyl (C=O) groups is 1. The van der Waals surface area contributed by atoms with Crippen molar-refractivity contribution in [2.24, 2.45) is 5.92 Å². The summed E-state index contributed by atoms with van der Waals surface area (Å²) >= 11 is 0. The third kappa shape index (κ3) is 6.32. The molecule has 0 saturated carbocycles. The number of anilines is 1. The van der Waals surface area contributed by atoms with Crippen molar-refractivity contribution >= 4 is 11.8 Å². The fraction of sp³-hybridized carbons (Fsp3) is 0.486. The van der Waals surface area contributed by atoms with E-state index in [1.54, 1.807) is 0 Å². The maximum Gasteiger partial charge on any atom is 0.306 e. The van der Waals surface area contributed by atoms with Crippen LogP contribution in [0.3, 0.4) is 0 Å². The van der Waals surface area contributed by atoms with Crippen LogP contribution in [0.4, 0.5) is 5.82 Å². The summed E-state index contributed by atoms with van der Waals surface area (Å²) in [5, 5.41) is 9.37. The predicted octanol–water partition coefficient (Wildman–Crippen LogP) is 5.83. The summed E-state index contributed by atoms with van der Waals surface area (Å²) in [6.45, 7) is 10.3. The monoisotopic (exact) mass is 569 g/mol. The first-order valence-electron chi connectivity index (χ1n) is 15.6. The van der Waals surface area contributed by atoms with E-state index in [1.165, 1.54) is 22.3 Å². The molecule has 0 spiro atoms. The molecule has 7 nitrogen and oxygen atoms in total. The van der Waals surface area contributed by atoms with Gasteiger partial charge in [-0.05, 0) is 98.9 Å². The summed E-state index contributed by atoms with van der Waals surface area (Å²) in [6, 6.07) is 17.6. The molecule has 0 unspecified atom stereocenters. The highest BCUT2D eigenvalue weighted by atomic mass is 16.5. The van der Waals surface area contributed by atoms with Crippen LogP contribution in [0.2, 0.25) is 0 Å². The number of nitrogens with zero attached hydrogens (tertiary/aromatic N) is 3. The average Bonchev–Trinajstić information content (AvgIpc) is 3.25. The van der Waals surface area contributed by atoms with Gasteiger partial charge in [-0.1, -0.05) is 29.8 Å². The van der Waals surface area contributed by atoms with Crippen LogP contribution in [-0.4, -0.2) is 66.4 Å². The molecule has 3 aromatic rings. The maximum absolute atomic E-state index is 11.4. The number of aliphatic carboxylic acids is 1. The number of ether oxygens (including phenoxy) is 2. The number of aryl methyl sites for hydroxylation is 1. The second kappa shape index (κ2) is 12.8. The molecule has 6 rings (SSSR count). The Morgan fingerprint density at radius 3 is 2.55 bits per heavy atom. The van der Waals surface area contributed by atoms with Gasteiger partial charge < -0.3 is 19.5 Å². The third-order valence-corrected chi connectivity index (χ3v) is 9.53. The summed E-state index contributed by atoms with van der Waals surface area (Å²) in [7, 11) is 0. The lowest BCUT2D eigenvalue weighted by atomic mass is 9.94. The van der Waals surface area contributed by atoms with E-state index >= 15 is 0 Å². The second-order valence-corrected chi connectivity index (χ2v) is 12.1. The van der Waals surface area contributed by atoms with Crippen molar-refractivity contribution in [1.29, 1.82) is 0 Å². The molecule has 0 aliphatic carbocycles. The van der Waals surface area contributed by atoms with Crippen LogP contribution < -0.4 is 9.64 Å². The molecule has 2 aromatic carbocycles. The molecule has 0 atom stereocenters. The van der Waals surface area contributed by atoms with Gasteiger partial charge in [0.2, 0.25) is 0 Å². The van der Waals surface area contributed by atoms with Crippen molar-refractivity contribution in [1.82, 2.24) is 9.88 Å². The second-order valence-electron chi connectivity index (χ2n) is 12.1. The Kier molecular flexibility index (Phi) is 8.77. The highest BCUT2D eigenvalue weighted by Gasteiger charge is 2.26. The number of hydrogen-bond donors (Lipinski definition) is 1. The molecule has 3 aliphatic heterocycles. The Balaban J connectivity index is 1.17. The molecule has 0 amide bonds. The number of rotatable bonds is 7. The van der Waals surface area contributed by atoms with E-state index < -0.39 is 5.97 Å². The minimum atomic E-state index is -0.695. The first kappa shape index (κ1) is 28.7. The van der Waals surface area contributed by atoms with E-state index in [4.69, 9.17) is 14.5 Å². The number of carboxylic acids is 1. The highest BCUT2D eigenvalue weighted by molar-refractivity contribution is 5.71. The van der Waals surface area contributed by atoms with E-state index in [0.717, 1.165) is 80.4 Å². The first-order valence-corrected chi connectivity index (χ1v) is 15.6. The van der Waals surface area contributed by atoms with Gasteiger partial charge in [0, 0.05) is 51.0 Å². The molecule has 4 heterocycles. The van der Waals surface area contributed by atoms with Crippen molar-refractivity contribution in [3.63, 3.8) is 0 Å². The van der Waals surface area contributed by atoms with Crippen LogP contribution in [0.25, 0.3) is 11.3 Å². The van der Waals surface area contributed by atoms with Gasteiger partial charge in [0.1, 0.15) is 18.2 Å².